The molecule has 1 aromatic heterocycles. The van der Waals surface area contributed by atoms with Gasteiger partial charge in [0.1, 0.15) is 0 Å². The van der Waals surface area contributed by atoms with E-state index in [1.807, 2.05) is 24.0 Å². The molecule has 0 amide bonds. The van der Waals surface area contributed by atoms with Crippen molar-refractivity contribution in [3.8, 4) is 0 Å². The number of benzene rings is 1. The molecule has 0 radical (unpaired) electrons. The third-order valence-electron chi connectivity index (χ3n) is 2.96. The zero-order chi connectivity index (χ0) is 13.0. The van der Waals surface area contributed by atoms with Gasteiger partial charge in [-0.25, -0.2) is 4.98 Å². The Morgan fingerprint density at radius 1 is 1.39 bits per heavy atom. The monoisotopic (exact) mass is 261 g/mol. The van der Waals surface area contributed by atoms with E-state index in [1.54, 1.807) is 11.8 Å². The van der Waals surface area contributed by atoms with E-state index in [0.29, 0.717) is 0 Å². The van der Waals surface area contributed by atoms with Gasteiger partial charge in [0.05, 0.1) is 0 Å². The molecule has 2 N–H and O–H groups in total. The van der Waals surface area contributed by atoms with E-state index in [4.69, 9.17) is 5.73 Å². The zero-order valence-corrected chi connectivity index (χ0v) is 11.7. The van der Waals surface area contributed by atoms with E-state index in [-0.39, 0.29) is 6.04 Å². The summed E-state index contributed by atoms with van der Waals surface area (Å²) in [6, 6.07) is 8.65. The Hall–Kier alpha value is -1.26. The fraction of sp³-hybridized carbons (Fsp3) is 0.357. The lowest BCUT2D eigenvalue weighted by atomic mass is 10.1. The highest BCUT2D eigenvalue weighted by Crippen LogP contribution is 2.29. The number of imidazole rings is 1. The minimum Gasteiger partial charge on any atom is -0.329 e. The predicted octanol–water partition coefficient (Wildman–Crippen LogP) is 2.85. The molecule has 0 bridgehead atoms. The van der Waals surface area contributed by atoms with Crippen molar-refractivity contribution in [3.63, 3.8) is 0 Å². The van der Waals surface area contributed by atoms with Crippen molar-refractivity contribution >= 4 is 11.8 Å². The van der Waals surface area contributed by atoms with Crippen LogP contribution in [0.1, 0.15) is 18.9 Å². The Morgan fingerprint density at radius 3 is 2.83 bits per heavy atom. The number of hydrogen-bond donors (Lipinski definition) is 1. The van der Waals surface area contributed by atoms with E-state index in [1.165, 1.54) is 10.5 Å². The van der Waals surface area contributed by atoms with Crippen LogP contribution in [0.15, 0.2) is 46.7 Å². The molecule has 0 aliphatic rings. The highest BCUT2D eigenvalue weighted by molar-refractivity contribution is 7.99. The third-order valence-corrected chi connectivity index (χ3v) is 4.15. The second-order valence-electron chi connectivity index (χ2n) is 4.40. The molecule has 0 saturated carbocycles. The van der Waals surface area contributed by atoms with Gasteiger partial charge in [0.2, 0.25) is 0 Å². The molecule has 96 valence electrons. The molecular weight excluding hydrogens is 242 g/mol. The molecule has 0 fully saturated rings. The summed E-state index contributed by atoms with van der Waals surface area (Å²) >= 11 is 1.70. The van der Waals surface area contributed by atoms with Gasteiger partial charge < -0.3 is 10.3 Å². The van der Waals surface area contributed by atoms with Crippen LogP contribution in [-0.2, 0) is 13.5 Å². The summed E-state index contributed by atoms with van der Waals surface area (Å²) in [5, 5.41) is 1.01. The van der Waals surface area contributed by atoms with Crippen LogP contribution >= 0.6 is 11.8 Å². The molecule has 1 atom stereocenters. The highest BCUT2D eigenvalue weighted by Gasteiger charge is 2.09. The molecule has 3 nitrogen and oxygen atoms in total. The lowest BCUT2D eigenvalue weighted by Gasteiger charge is -2.12. The number of nitrogens with two attached hydrogens (primary N) is 1. The third kappa shape index (κ3) is 3.15. The van der Waals surface area contributed by atoms with Crippen LogP contribution in [0.3, 0.4) is 0 Å². The summed E-state index contributed by atoms with van der Waals surface area (Å²) in [6.45, 7) is 2.12. The fourth-order valence-corrected chi connectivity index (χ4v) is 2.69. The first-order valence-electron chi connectivity index (χ1n) is 6.19. The second kappa shape index (κ2) is 6.07. The van der Waals surface area contributed by atoms with Crippen molar-refractivity contribution in [2.75, 3.05) is 0 Å². The topological polar surface area (TPSA) is 43.8 Å². The first-order chi connectivity index (χ1) is 8.70. The maximum Gasteiger partial charge on any atom is 0.172 e. The van der Waals surface area contributed by atoms with Gasteiger partial charge in [-0.3, -0.25) is 0 Å². The Kier molecular flexibility index (Phi) is 4.44. The summed E-state index contributed by atoms with van der Waals surface area (Å²) in [5.74, 6) is 0. The number of aryl methyl sites for hydroxylation is 1. The van der Waals surface area contributed by atoms with Crippen LogP contribution in [0.5, 0.6) is 0 Å². The summed E-state index contributed by atoms with van der Waals surface area (Å²) in [6.07, 6.45) is 5.71. The molecule has 4 heteroatoms. The van der Waals surface area contributed by atoms with Gasteiger partial charge in [-0.15, -0.1) is 0 Å². The largest absolute Gasteiger partial charge is 0.329 e. The SMILES string of the molecule is CCC(N)Cc1ccccc1Sc1nccn1C. The van der Waals surface area contributed by atoms with Gasteiger partial charge in [-0.1, -0.05) is 36.9 Å². The van der Waals surface area contributed by atoms with Crippen LogP contribution in [0, 0.1) is 0 Å². The van der Waals surface area contributed by atoms with Crippen molar-refractivity contribution in [3.05, 3.63) is 42.2 Å². The lowest BCUT2D eigenvalue weighted by molar-refractivity contribution is 0.641. The number of nitrogens with zero attached hydrogens (tertiary/aromatic N) is 2. The van der Waals surface area contributed by atoms with Gasteiger partial charge in [0.15, 0.2) is 5.16 Å². The average Bonchev–Trinajstić information content (AvgIpc) is 2.77. The maximum absolute atomic E-state index is 6.05. The molecule has 1 unspecified atom stereocenters. The molecule has 0 aliphatic carbocycles. The summed E-state index contributed by atoms with van der Waals surface area (Å²) in [5.41, 5.74) is 7.35. The van der Waals surface area contributed by atoms with Crippen LogP contribution in [-0.4, -0.2) is 15.6 Å². The molecular formula is C14H19N3S. The number of aromatic nitrogens is 2. The highest BCUT2D eigenvalue weighted by atomic mass is 32.2. The standard InChI is InChI=1S/C14H19N3S/c1-3-12(15)10-11-6-4-5-7-13(11)18-14-16-8-9-17(14)2/h4-9,12H,3,10,15H2,1-2H3. The van der Waals surface area contributed by atoms with Crippen LogP contribution in [0.4, 0.5) is 0 Å². The first kappa shape index (κ1) is 13.2. The lowest BCUT2D eigenvalue weighted by Crippen LogP contribution is -2.21. The molecule has 0 saturated heterocycles. The molecule has 18 heavy (non-hydrogen) atoms. The normalized spacial score (nSPS) is 12.6. The molecule has 2 rings (SSSR count). The minimum atomic E-state index is 0.230. The van der Waals surface area contributed by atoms with Crippen molar-refractivity contribution in [2.24, 2.45) is 12.8 Å². The summed E-state index contributed by atoms with van der Waals surface area (Å²) < 4.78 is 2.03. The van der Waals surface area contributed by atoms with Crippen molar-refractivity contribution < 1.29 is 0 Å². The summed E-state index contributed by atoms with van der Waals surface area (Å²) in [7, 11) is 2.01. The zero-order valence-electron chi connectivity index (χ0n) is 10.8. The quantitative estimate of drug-likeness (QED) is 0.900. The maximum atomic E-state index is 6.05. The Balaban J connectivity index is 2.20. The van der Waals surface area contributed by atoms with Gasteiger partial charge in [-0.05, 0) is 24.5 Å². The van der Waals surface area contributed by atoms with Crippen LogP contribution < -0.4 is 5.73 Å². The molecule has 2 aromatic rings. The van der Waals surface area contributed by atoms with Crippen LogP contribution in [0.25, 0.3) is 0 Å². The van der Waals surface area contributed by atoms with Gasteiger partial charge >= 0.3 is 0 Å². The molecule has 0 spiro atoms. The predicted molar refractivity (Wildman–Crippen MR) is 75.7 cm³/mol. The molecule has 1 aromatic carbocycles. The van der Waals surface area contributed by atoms with E-state index < -0.39 is 0 Å². The second-order valence-corrected chi connectivity index (χ2v) is 5.41. The Morgan fingerprint density at radius 2 is 2.17 bits per heavy atom. The Labute approximate surface area is 112 Å². The number of rotatable bonds is 5. The van der Waals surface area contributed by atoms with E-state index in [0.717, 1.165) is 18.0 Å². The average molecular weight is 261 g/mol. The van der Waals surface area contributed by atoms with Crippen molar-refractivity contribution in [1.29, 1.82) is 0 Å². The van der Waals surface area contributed by atoms with E-state index in [2.05, 4.69) is 36.2 Å². The van der Waals surface area contributed by atoms with Crippen molar-refractivity contribution in [1.82, 2.24) is 9.55 Å². The van der Waals surface area contributed by atoms with Gasteiger partial charge in [-0.2, -0.15) is 0 Å². The smallest absolute Gasteiger partial charge is 0.172 e. The van der Waals surface area contributed by atoms with Gasteiger partial charge in [0, 0.05) is 30.4 Å². The van der Waals surface area contributed by atoms with Crippen molar-refractivity contribution in [2.45, 2.75) is 35.9 Å². The van der Waals surface area contributed by atoms with E-state index in [9.17, 15) is 0 Å². The van der Waals surface area contributed by atoms with Gasteiger partial charge in [0.25, 0.3) is 0 Å². The fourth-order valence-electron chi connectivity index (χ4n) is 1.75. The Bertz CT molecular complexity index is 507. The minimum absolute atomic E-state index is 0.230. The first-order valence-corrected chi connectivity index (χ1v) is 7.01. The number of hydrogen-bond acceptors (Lipinski definition) is 3. The summed E-state index contributed by atoms with van der Waals surface area (Å²) in [4.78, 5) is 5.59. The molecule has 1 heterocycles. The van der Waals surface area contributed by atoms with Crippen LogP contribution in [0.2, 0.25) is 0 Å². The molecule has 0 aliphatic heterocycles. The van der Waals surface area contributed by atoms with E-state index >= 15 is 0 Å².